The van der Waals surface area contributed by atoms with Gasteiger partial charge in [0.25, 0.3) is 0 Å². The molecule has 0 aromatic heterocycles. The third-order valence-electron chi connectivity index (χ3n) is 8.00. The lowest BCUT2D eigenvalue weighted by molar-refractivity contribution is -0.129. The smallest absolute Gasteiger partial charge is 0.240 e. The predicted octanol–water partition coefficient (Wildman–Crippen LogP) is 3.86. The van der Waals surface area contributed by atoms with E-state index in [9.17, 15) is 13.2 Å². The quantitative estimate of drug-likeness (QED) is 0.681. The Morgan fingerprint density at radius 2 is 1.69 bits per heavy atom. The van der Waals surface area contributed by atoms with Crippen molar-refractivity contribution in [2.75, 3.05) is 0 Å². The zero-order valence-electron chi connectivity index (χ0n) is 17.8. The molecule has 0 radical (unpaired) electrons. The molecule has 1 amide bonds. The van der Waals surface area contributed by atoms with Gasteiger partial charge in [0.2, 0.25) is 15.9 Å². The Morgan fingerprint density at radius 1 is 1.14 bits per heavy atom. The van der Waals surface area contributed by atoms with E-state index in [1.54, 1.807) is 39.8 Å². The minimum absolute atomic E-state index is 0.184. The molecule has 4 saturated carbocycles. The number of amides is 1. The highest BCUT2D eigenvalue weighted by Gasteiger charge is 2.50. The molecule has 5 aliphatic rings. The molecule has 1 atom stereocenters. The monoisotopic (exact) mass is 440 g/mol. The van der Waals surface area contributed by atoms with Crippen LogP contribution < -0.4 is 10.0 Å². The zero-order chi connectivity index (χ0) is 21.2. The second-order valence-corrected chi connectivity index (χ2v) is 13.0. The molecule has 29 heavy (non-hydrogen) atoms. The van der Waals surface area contributed by atoms with E-state index in [0.29, 0.717) is 28.9 Å². The summed E-state index contributed by atoms with van der Waals surface area (Å²) in [6, 6.07) is 0.184. The summed E-state index contributed by atoms with van der Waals surface area (Å²) in [4.78, 5) is 13.2. The first-order valence-electron chi connectivity index (χ1n) is 10.8. The summed E-state index contributed by atoms with van der Waals surface area (Å²) in [5.41, 5.74) is -0.629. The van der Waals surface area contributed by atoms with Crippen LogP contribution in [0.2, 0.25) is 0 Å². The molecule has 5 aliphatic carbocycles. The summed E-state index contributed by atoms with van der Waals surface area (Å²) in [6.45, 7) is 6.71. The molecule has 0 heterocycles. The number of halogens is 1. The highest BCUT2D eigenvalue weighted by atomic mass is 35.5. The van der Waals surface area contributed by atoms with Crippen molar-refractivity contribution in [2.45, 2.75) is 82.5 Å². The number of allylic oxidation sites excluding steroid dienone is 3. The van der Waals surface area contributed by atoms with Crippen LogP contribution in [0.1, 0.15) is 66.2 Å². The van der Waals surface area contributed by atoms with Crippen LogP contribution in [0.4, 0.5) is 0 Å². The van der Waals surface area contributed by atoms with Crippen molar-refractivity contribution < 1.29 is 13.2 Å². The van der Waals surface area contributed by atoms with Gasteiger partial charge in [-0.1, -0.05) is 17.7 Å². The second-order valence-electron chi connectivity index (χ2n) is 10.5. The van der Waals surface area contributed by atoms with E-state index < -0.39 is 20.3 Å². The fraction of sp³-hybridized carbons (Fsp3) is 0.773. The predicted molar refractivity (Wildman–Crippen MR) is 116 cm³/mol. The van der Waals surface area contributed by atoms with Crippen molar-refractivity contribution in [3.8, 4) is 0 Å². The standard InChI is InChI=1S/C22H33ClN2O3S/c1-13-18(23)6-5-7-22(13,4)29(27,28)25-21(2,3)20(26)24-19-16-9-14-8-15(11-16)12-17(19)10-14/h5-6,14-17,19,25H,7-12H2,1-4H3,(H,24,26). The molecule has 5 nitrogen and oxygen atoms in total. The van der Waals surface area contributed by atoms with Crippen LogP contribution in [0.3, 0.4) is 0 Å². The molecule has 2 N–H and O–H groups in total. The van der Waals surface area contributed by atoms with Gasteiger partial charge in [0, 0.05) is 11.1 Å². The van der Waals surface area contributed by atoms with E-state index >= 15 is 0 Å². The first-order valence-corrected chi connectivity index (χ1v) is 12.7. The molecule has 0 spiro atoms. The molecule has 1 unspecified atom stereocenters. The Balaban J connectivity index is 1.48. The minimum atomic E-state index is -3.83. The highest BCUT2D eigenvalue weighted by Crippen LogP contribution is 2.53. The Labute approximate surface area is 179 Å². The fourth-order valence-electron chi connectivity index (χ4n) is 6.22. The van der Waals surface area contributed by atoms with Crippen LogP contribution >= 0.6 is 11.6 Å². The number of nitrogens with one attached hydrogen (secondary N) is 2. The van der Waals surface area contributed by atoms with Crippen molar-refractivity contribution >= 4 is 27.5 Å². The lowest BCUT2D eigenvalue weighted by atomic mass is 9.54. The first kappa shape index (κ1) is 21.4. The van der Waals surface area contributed by atoms with Crippen LogP contribution in [0.25, 0.3) is 0 Å². The lowest BCUT2D eigenvalue weighted by Crippen LogP contribution is -2.63. The molecule has 5 rings (SSSR count). The fourth-order valence-corrected chi connectivity index (χ4v) is 8.39. The van der Waals surface area contributed by atoms with Crippen molar-refractivity contribution in [1.29, 1.82) is 0 Å². The van der Waals surface area contributed by atoms with Gasteiger partial charge in [0.15, 0.2) is 0 Å². The largest absolute Gasteiger partial charge is 0.351 e. The molecule has 4 bridgehead atoms. The average molecular weight is 441 g/mol. The Kier molecular flexibility index (Phi) is 5.23. The van der Waals surface area contributed by atoms with Crippen LogP contribution in [-0.4, -0.2) is 30.7 Å². The Morgan fingerprint density at radius 3 is 2.24 bits per heavy atom. The van der Waals surface area contributed by atoms with Crippen LogP contribution in [0.5, 0.6) is 0 Å². The van der Waals surface area contributed by atoms with Gasteiger partial charge in [-0.2, -0.15) is 4.72 Å². The van der Waals surface area contributed by atoms with E-state index in [1.807, 2.05) is 0 Å². The van der Waals surface area contributed by atoms with Gasteiger partial charge in [0.05, 0.1) is 0 Å². The van der Waals surface area contributed by atoms with Gasteiger partial charge in [0.1, 0.15) is 10.3 Å². The van der Waals surface area contributed by atoms with Gasteiger partial charge >= 0.3 is 0 Å². The molecule has 0 saturated heterocycles. The topological polar surface area (TPSA) is 75.3 Å². The molecule has 0 aromatic rings. The first-order chi connectivity index (χ1) is 13.4. The third-order valence-corrected chi connectivity index (χ3v) is 10.8. The van der Waals surface area contributed by atoms with Gasteiger partial charge in [-0.25, -0.2) is 8.42 Å². The van der Waals surface area contributed by atoms with Crippen LogP contribution in [0, 0.1) is 23.7 Å². The summed E-state index contributed by atoms with van der Waals surface area (Å²) in [7, 11) is -3.83. The zero-order valence-corrected chi connectivity index (χ0v) is 19.4. The number of carbonyl (C=O) groups excluding carboxylic acids is 1. The lowest BCUT2D eigenvalue weighted by Gasteiger charge is -2.54. The van der Waals surface area contributed by atoms with E-state index in [1.165, 1.54) is 32.1 Å². The number of sulfonamides is 1. The number of rotatable bonds is 5. The summed E-state index contributed by atoms with van der Waals surface area (Å²) in [5, 5.41) is 3.69. The third kappa shape index (κ3) is 3.59. The maximum absolute atomic E-state index is 13.3. The molecule has 0 aliphatic heterocycles. The summed E-state index contributed by atoms with van der Waals surface area (Å²) >= 11 is 6.21. The van der Waals surface area contributed by atoms with E-state index in [-0.39, 0.29) is 11.9 Å². The van der Waals surface area contributed by atoms with Crippen molar-refractivity contribution in [1.82, 2.24) is 10.0 Å². The normalized spacial score (nSPS) is 39.1. The average Bonchev–Trinajstić information content (AvgIpc) is 2.60. The van der Waals surface area contributed by atoms with Crippen molar-refractivity contribution in [3.05, 3.63) is 22.8 Å². The molecule has 7 heteroatoms. The van der Waals surface area contributed by atoms with Gasteiger partial charge < -0.3 is 5.32 Å². The van der Waals surface area contributed by atoms with Crippen LogP contribution in [-0.2, 0) is 14.8 Å². The molecular formula is C22H33ClN2O3S. The molecule has 4 fully saturated rings. The van der Waals surface area contributed by atoms with E-state index in [4.69, 9.17) is 11.6 Å². The maximum atomic E-state index is 13.3. The SMILES string of the molecule is CC1=C(Cl)C=CCC1(C)S(=O)(=O)NC(C)(C)C(=O)NC1C2CC3CC(C2)CC1C3. The summed E-state index contributed by atoms with van der Waals surface area (Å²) in [6.07, 6.45) is 10.0. The Hall–Kier alpha value is -0.850. The Bertz CT molecular complexity index is 848. The van der Waals surface area contributed by atoms with Gasteiger partial charge in [-0.15, -0.1) is 0 Å². The summed E-state index contributed by atoms with van der Waals surface area (Å²) < 4.78 is 28.1. The number of hydrogen-bond acceptors (Lipinski definition) is 3. The maximum Gasteiger partial charge on any atom is 0.240 e. The van der Waals surface area contributed by atoms with Crippen molar-refractivity contribution in [2.24, 2.45) is 23.7 Å². The van der Waals surface area contributed by atoms with E-state index in [0.717, 1.165) is 11.8 Å². The van der Waals surface area contributed by atoms with E-state index in [2.05, 4.69) is 10.0 Å². The molecule has 0 aromatic carbocycles. The summed E-state index contributed by atoms with van der Waals surface area (Å²) in [5.74, 6) is 2.52. The van der Waals surface area contributed by atoms with Gasteiger partial charge in [-0.05, 0) is 102 Å². The molecular weight excluding hydrogens is 408 g/mol. The number of hydrogen-bond donors (Lipinski definition) is 2. The van der Waals surface area contributed by atoms with Crippen LogP contribution in [0.15, 0.2) is 22.8 Å². The highest BCUT2D eigenvalue weighted by molar-refractivity contribution is 7.91. The molecule has 162 valence electrons. The van der Waals surface area contributed by atoms with Gasteiger partial charge in [-0.3, -0.25) is 4.79 Å². The van der Waals surface area contributed by atoms with Crippen molar-refractivity contribution in [3.63, 3.8) is 0 Å². The second kappa shape index (κ2) is 7.10. The minimum Gasteiger partial charge on any atom is -0.351 e. The number of carbonyl (C=O) groups is 1.